The van der Waals surface area contributed by atoms with Gasteiger partial charge < -0.3 is 14.4 Å². The molecule has 4 rings (SSSR count). The molecular formula is C29H35F3N2O6S. The van der Waals surface area contributed by atoms with Crippen LogP contribution in [0.3, 0.4) is 0 Å². The van der Waals surface area contributed by atoms with Crippen LogP contribution >= 0.6 is 0 Å². The summed E-state index contributed by atoms with van der Waals surface area (Å²) in [6.45, 7) is 6.46. The Hall–Kier alpha value is -3.12. The highest BCUT2D eigenvalue weighted by atomic mass is 32.2. The second-order valence-corrected chi connectivity index (χ2v) is 13.3. The molecule has 1 unspecified atom stereocenters. The van der Waals surface area contributed by atoms with Gasteiger partial charge in [-0.2, -0.15) is 13.2 Å². The molecule has 0 saturated carbocycles. The number of alkyl halides is 3. The van der Waals surface area contributed by atoms with E-state index in [0.717, 1.165) is 17.6 Å². The van der Waals surface area contributed by atoms with Crippen LogP contribution in [0.4, 0.5) is 13.2 Å². The first kappa shape index (κ1) is 30.8. The molecule has 1 spiro atoms. The molecule has 1 amide bonds. The van der Waals surface area contributed by atoms with Crippen molar-refractivity contribution < 1.29 is 40.7 Å². The second kappa shape index (κ2) is 12.0. The molecule has 2 aliphatic heterocycles. The highest BCUT2D eigenvalue weighted by molar-refractivity contribution is 7.90. The van der Waals surface area contributed by atoms with E-state index in [1.807, 2.05) is 24.3 Å². The van der Waals surface area contributed by atoms with E-state index < -0.39 is 39.5 Å². The van der Waals surface area contributed by atoms with E-state index in [1.165, 1.54) is 29.2 Å². The van der Waals surface area contributed by atoms with Gasteiger partial charge in [-0.15, -0.1) is 0 Å². The van der Waals surface area contributed by atoms with Gasteiger partial charge in [-0.3, -0.25) is 9.69 Å². The predicted octanol–water partition coefficient (Wildman–Crippen LogP) is 4.68. The van der Waals surface area contributed by atoms with Crippen molar-refractivity contribution in [2.24, 2.45) is 11.3 Å². The largest absolute Gasteiger partial charge is 0.493 e. The predicted molar refractivity (Wildman–Crippen MR) is 145 cm³/mol. The van der Waals surface area contributed by atoms with Crippen molar-refractivity contribution >= 4 is 21.7 Å². The summed E-state index contributed by atoms with van der Waals surface area (Å²) in [7, 11) is -3.50. The van der Waals surface area contributed by atoms with Crippen molar-refractivity contribution in [3.63, 3.8) is 0 Å². The zero-order valence-electron chi connectivity index (χ0n) is 23.3. The molecule has 0 N–H and O–H groups in total. The third-order valence-electron chi connectivity index (χ3n) is 7.69. The lowest BCUT2D eigenvalue weighted by Gasteiger charge is -2.43. The Balaban J connectivity index is 1.52. The summed E-state index contributed by atoms with van der Waals surface area (Å²) >= 11 is 0. The standard InChI is InChI=1S/C29H35F3N2O6S/c1-20(2)19-39-24-7-5-4-6-22(24)18-33-15-12-28(13-16-33)14-17-34(26(28)40-27(36)29(30,31)32)25(35)21-8-10-23(11-9-21)41(3,37)38/h4-11,20,26H,12-19H2,1-3H3. The highest BCUT2D eigenvalue weighted by Gasteiger charge is 2.55. The summed E-state index contributed by atoms with van der Waals surface area (Å²) in [6, 6.07) is 12.9. The van der Waals surface area contributed by atoms with Crippen molar-refractivity contribution in [2.45, 2.75) is 57.0 Å². The van der Waals surface area contributed by atoms with E-state index in [4.69, 9.17) is 9.47 Å². The van der Waals surface area contributed by atoms with Gasteiger partial charge in [-0.05, 0) is 68.6 Å². The van der Waals surface area contributed by atoms with Gasteiger partial charge in [0.05, 0.1) is 11.5 Å². The Labute approximate surface area is 238 Å². The summed E-state index contributed by atoms with van der Waals surface area (Å²) < 4.78 is 74.4. The molecule has 224 valence electrons. The maximum absolute atomic E-state index is 13.4. The number of carbonyl (C=O) groups excluding carboxylic acids is 2. The lowest BCUT2D eigenvalue weighted by Crippen LogP contribution is -2.51. The number of rotatable bonds is 8. The van der Waals surface area contributed by atoms with Crippen molar-refractivity contribution in [3.05, 3.63) is 59.7 Å². The van der Waals surface area contributed by atoms with Gasteiger partial charge in [-0.25, -0.2) is 13.2 Å². The molecule has 0 aromatic heterocycles. The van der Waals surface area contributed by atoms with E-state index in [-0.39, 0.29) is 17.0 Å². The number of nitrogens with zero attached hydrogens (tertiary/aromatic N) is 2. The molecule has 12 heteroatoms. The average Bonchev–Trinajstić information content (AvgIpc) is 3.25. The molecule has 2 heterocycles. The zero-order valence-corrected chi connectivity index (χ0v) is 24.1. The number of halogens is 3. The number of esters is 1. The molecule has 2 fully saturated rings. The fraction of sp³-hybridized carbons (Fsp3) is 0.517. The third kappa shape index (κ3) is 7.21. The number of para-hydroxylation sites is 1. The molecule has 41 heavy (non-hydrogen) atoms. The van der Waals surface area contributed by atoms with Crippen LogP contribution in [-0.4, -0.2) is 75.0 Å². The minimum absolute atomic E-state index is 0.00976. The first-order valence-corrected chi connectivity index (χ1v) is 15.4. The van der Waals surface area contributed by atoms with Gasteiger partial charge in [-0.1, -0.05) is 32.0 Å². The number of piperidine rings is 1. The van der Waals surface area contributed by atoms with Gasteiger partial charge in [0, 0.05) is 35.9 Å². The zero-order chi connectivity index (χ0) is 30.0. The monoisotopic (exact) mass is 596 g/mol. The molecule has 0 radical (unpaired) electrons. The number of hydrogen-bond acceptors (Lipinski definition) is 7. The summed E-state index contributed by atoms with van der Waals surface area (Å²) in [5.41, 5.74) is 0.260. The number of likely N-dealkylation sites (tertiary alicyclic amines) is 2. The topological polar surface area (TPSA) is 93.2 Å². The molecule has 0 bridgehead atoms. The van der Waals surface area contributed by atoms with Crippen molar-refractivity contribution in [2.75, 3.05) is 32.5 Å². The molecule has 2 aromatic rings. The van der Waals surface area contributed by atoms with Crippen LogP contribution in [-0.2, 0) is 25.9 Å². The number of sulfone groups is 1. The lowest BCUT2D eigenvalue weighted by atomic mass is 9.76. The van der Waals surface area contributed by atoms with Crippen molar-refractivity contribution in [1.82, 2.24) is 9.80 Å². The van der Waals surface area contributed by atoms with Crippen LogP contribution in [0, 0.1) is 11.3 Å². The SMILES string of the molecule is CC(C)COc1ccccc1CN1CCC2(CC1)CCN(C(=O)c1ccc(S(C)(=O)=O)cc1)C2OC(=O)C(F)(F)F. The molecule has 2 saturated heterocycles. The Morgan fingerprint density at radius 1 is 1.00 bits per heavy atom. The molecular weight excluding hydrogens is 561 g/mol. The van der Waals surface area contributed by atoms with Gasteiger partial charge in [0.25, 0.3) is 5.91 Å². The normalized spacial score (nSPS) is 19.5. The first-order chi connectivity index (χ1) is 19.2. The van der Waals surface area contributed by atoms with Crippen LogP contribution in [0.2, 0.25) is 0 Å². The van der Waals surface area contributed by atoms with Gasteiger partial charge in [0.1, 0.15) is 5.75 Å². The van der Waals surface area contributed by atoms with Gasteiger partial charge >= 0.3 is 12.1 Å². The molecule has 2 aromatic carbocycles. The smallest absolute Gasteiger partial charge is 0.491 e. The molecule has 0 aliphatic carbocycles. The second-order valence-electron chi connectivity index (χ2n) is 11.3. The number of carbonyl (C=O) groups is 2. The Bertz CT molecular complexity index is 1350. The number of hydrogen-bond donors (Lipinski definition) is 0. The number of ether oxygens (including phenoxy) is 2. The summed E-state index contributed by atoms with van der Waals surface area (Å²) in [6.07, 6.45) is -4.36. The minimum Gasteiger partial charge on any atom is -0.493 e. The van der Waals surface area contributed by atoms with E-state index in [2.05, 4.69) is 18.7 Å². The Morgan fingerprint density at radius 2 is 1.61 bits per heavy atom. The van der Waals surface area contributed by atoms with E-state index in [0.29, 0.717) is 51.4 Å². The first-order valence-electron chi connectivity index (χ1n) is 13.5. The maximum atomic E-state index is 13.4. The van der Waals surface area contributed by atoms with E-state index in [1.54, 1.807) is 0 Å². The van der Waals surface area contributed by atoms with Crippen LogP contribution in [0.1, 0.15) is 49.0 Å². The maximum Gasteiger partial charge on any atom is 0.491 e. The lowest BCUT2D eigenvalue weighted by molar-refractivity contribution is -0.217. The number of amides is 1. The molecule has 8 nitrogen and oxygen atoms in total. The third-order valence-corrected chi connectivity index (χ3v) is 8.82. The van der Waals surface area contributed by atoms with Crippen molar-refractivity contribution in [1.29, 1.82) is 0 Å². The Kier molecular flexibility index (Phi) is 9.03. The average molecular weight is 597 g/mol. The Morgan fingerprint density at radius 3 is 2.20 bits per heavy atom. The van der Waals surface area contributed by atoms with E-state index >= 15 is 0 Å². The van der Waals surface area contributed by atoms with Gasteiger partial charge in [0.2, 0.25) is 0 Å². The highest BCUT2D eigenvalue weighted by Crippen LogP contribution is 2.47. The van der Waals surface area contributed by atoms with Gasteiger partial charge in [0.15, 0.2) is 16.1 Å². The van der Waals surface area contributed by atoms with Crippen LogP contribution < -0.4 is 4.74 Å². The van der Waals surface area contributed by atoms with Crippen LogP contribution in [0.15, 0.2) is 53.4 Å². The van der Waals surface area contributed by atoms with Crippen LogP contribution in [0.5, 0.6) is 5.75 Å². The fourth-order valence-corrected chi connectivity index (χ4v) is 6.05. The molecule has 2 aliphatic rings. The van der Waals surface area contributed by atoms with Crippen molar-refractivity contribution in [3.8, 4) is 5.75 Å². The fourth-order valence-electron chi connectivity index (χ4n) is 5.42. The minimum atomic E-state index is -5.21. The summed E-state index contributed by atoms with van der Waals surface area (Å²) in [5.74, 6) is -1.81. The van der Waals surface area contributed by atoms with Crippen LogP contribution in [0.25, 0.3) is 0 Å². The molecule has 1 atom stereocenters. The number of benzene rings is 2. The quantitative estimate of drug-likeness (QED) is 0.409. The summed E-state index contributed by atoms with van der Waals surface area (Å²) in [4.78, 5) is 28.8. The summed E-state index contributed by atoms with van der Waals surface area (Å²) in [5, 5.41) is 0. The van der Waals surface area contributed by atoms with E-state index in [9.17, 15) is 31.2 Å².